The van der Waals surface area contributed by atoms with Crippen LogP contribution in [0.3, 0.4) is 0 Å². The molecular formula is C19H25N3O. The third-order valence-corrected chi connectivity index (χ3v) is 4.16. The van der Waals surface area contributed by atoms with Gasteiger partial charge < -0.3 is 9.80 Å². The first-order chi connectivity index (χ1) is 11.1. The van der Waals surface area contributed by atoms with Crippen LogP contribution in [0.25, 0.3) is 0 Å². The van der Waals surface area contributed by atoms with Crippen LogP contribution in [0.5, 0.6) is 0 Å². The average molecular weight is 311 g/mol. The Morgan fingerprint density at radius 1 is 1.26 bits per heavy atom. The number of amides is 1. The van der Waals surface area contributed by atoms with Crippen LogP contribution in [0.4, 0.5) is 0 Å². The molecule has 0 atom stereocenters. The molecule has 0 bridgehead atoms. The summed E-state index contributed by atoms with van der Waals surface area (Å²) in [6.45, 7) is 6.35. The van der Waals surface area contributed by atoms with E-state index in [1.165, 1.54) is 12.0 Å². The van der Waals surface area contributed by atoms with E-state index < -0.39 is 0 Å². The largest absolute Gasteiger partial charge is 0.369 e. The monoisotopic (exact) mass is 311 g/mol. The zero-order valence-electron chi connectivity index (χ0n) is 14.0. The van der Waals surface area contributed by atoms with E-state index in [2.05, 4.69) is 36.9 Å². The number of carbonyl (C=O) groups excluding carboxylic acids is 1. The number of piperidine rings is 1. The van der Waals surface area contributed by atoms with E-state index in [4.69, 9.17) is 0 Å². The summed E-state index contributed by atoms with van der Waals surface area (Å²) in [7, 11) is 0. The number of carbonyl (C=O) groups is 1. The number of benzene rings is 1. The summed E-state index contributed by atoms with van der Waals surface area (Å²) in [5.74, 6) is -0.133. The third kappa shape index (κ3) is 4.85. The highest BCUT2D eigenvalue weighted by molar-refractivity contribution is 5.97. The van der Waals surface area contributed by atoms with Crippen LogP contribution in [0.1, 0.15) is 38.7 Å². The molecule has 1 aromatic rings. The molecule has 1 amide bonds. The fourth-order valence-electron chi connectivity index (χ4n) is 2.74. The maximum Gasteiger partial charge on any atom is 0.266 e. The van der Waals surface area contributed by atoms with Gasteiger partial charge in [0, 0.05) is 31.9 Å². The first kappa shape index (κ1) is 17.1. The molecule has 1 aliphatic rings. The highest BCUT2D eigenvalue weighted by atomic mass is 16.2. The summed E-state index contributed by atoms with van der Waals surface area (Å²) in [4.78, 5) is 16.4. The molecular weight excluding hydrogens is 286 g/mol. The lowest BCUT2D eigenvalue weighted by molar-refractivity contribution is -0.127. The molecule has 4 heteroatoms. The molecule has 1 saturated heterocycles. The van der Waals surface area contributed by atoms with Crippen molar-refractivity contribution in [2.24, 2.45) is 0 Å². The minimum Gasteiger partial charge on any atom is -0.369 e. The molecule has 1 fully saturated rings. The van der Waals surface area contributed by atoms with Crippen molar-refractivity contribution >= 4 is 5.91 Å². The van der Waals surface area contributed by atoms with Crippen LogP contribution in [0, 0.1) is 11.3 Å². The number of nitrogens with zero attached hydrogens (tertiary/aromatic N) is 3. The van der Waals surface area contributed by atoms with E-state index >= 15 is 0 Å². The summed E-state index contributed by atoms with van der Waals surface area (Å²) in [6, 6.07) is 12.4. The van der Waals surface area contributed by atoms with Gasteiger partial charge in [0.25, 0.3) is 5.91 Å². The normalized spacial score (nSPS) is 15.4. The van der Waals surface area contributed by atoms with Crippen LogP contribution in [0.15, 0.2) is 42.1 Å². The number of nitriles is 1. The number of hydrogen-bond acceptors (Lipinski definition) is 3. The Bertz CT molecular complexity index is 580. The smallest absolute Gasteiger partial charge is 0.266 e. The Labute approximate surface area is 139 Å². The zero-order valence-corrected chi connectivity index (χ0v) is 14.0. The van der Waals surface area contributed by atoms with Gasteiger partial charge in [-0.15, -0.1) is 0 Å². The molecule has 0 saturated carbocycles. The Kier molecular flexibility index (Phi) is 6.22. The molecule has 2 rings (SSSR count). The second-order valence-electron chi connectivity index (χ2n) is 6.26. The fraction of sp³-hybridized carbons (Fsp3) is 0.474. The van der Waals surface area contributed by atoms with Crippen molar-refractivity contribution in [2.75, 3.05) is 13.1 Å². The van der Waals surface area contributed by atoms with Gasteiger partial charge in [-0.25, -0.2) is 0 Å². The van der Waals surface area contributed by atoms with Gasteiger partial charge in [0.2, 0.25) is 0 Å². The highest BCUT2D eigenvalue weighted by Gasteiger charge is 2.21. The maximum atomic E-state index is 12.5. The molecule has 0 aliphatic carbocycles. The average Bonchev–Trinajstić information content (AvgIpc) is 2.59. The molecule has 0 spiro atoms. The Morgan fingerprint density at radius 3 is 2.48 bits per heavy atom. The second kappa shape index (κ2) is 8.38. The van der Waals surface area contributed by atoms with Gasteiger partial charge in [0.15, 0.2) is 0 Å². The molecule has 23 heavy (non-hydrogen) atoms. The topological polar surface area (TPSA) is 47.3 Å². The van der Waals surface area contributed by atoms with Crippen LogP contribution in [0.2, 0.25) is 0 Å². The molecule has 1 aromatic carbocycles. The zero-order chi connectivity index (χ0) is 16.7. The van der Waals surface area contributed by atoms with E-state index in [9.17, 15) is 10.1 Å². The van der Waals surface area contributed by atoms with E-state index in [1.807, 2.05) is 18.2 Å². The van der Waals surface area contributed by atoms with Crippen molar-refractivity contribution in [2.45, 2.75) is 45.7 Å². The molecule has 0 aromatic heterocycles. The highest BCUT2D eigenvalue weighted by Crippen LogP contribution is 2.15. The third-order valence-electron chi connectivity index (χ3n) is 4.16. The van der Waals surface area contributed by atoms with Gasteiger partial charge in [-0.2, -0.15) is 5.26 Å². The number of hydrogen-bond donors (Lipinski definition) is 0. The van der Waals surface area contributed by atoms with Gasteiger partial charge >= 0.3 is 0 Å². The van der Waals surface area contributed by atoms with Gasteiger partial charge in [-0.05, 0) is 38.7 Å². The standard InChI is InChI=1S/C19H25N3O/c1-16(2)22(14-17-9-5-3-6-10-17)15-18(13-20)19(23)21-11-7-4-8-12-21/h3,5-6,9-10,15-16H,4,7-8,11-12,14H2,1-2H3/b18-15-. The van der Waals surface area contributed by atoms with E-state index in [0.717, 1.165) is 25.9 Å². The van der Waals surface area contributed by atoms with Crippen LogP contribution in [-0.2, 0) is 11.3 Å². The van der Waals surface area contributed by atoms with Gasteiger partial charge in [0.05, 0.1) is 0 Å². The molecule has 0 unspecified atom stereocenters. The minimum atomic E-state index is -0.133. The van der Waals surface area contributed by atoms with Gasteiger partial charge in [-0.3, -0.25) is 4.79 Å². The maximum absolute atomic E-state index is 12.5. The van der Waals surface area contributed by atoms with Crippen LogP contribution < -0.4 is 0 Å². The predicted molar refractivity (Wildman–Crippen MR) is 91.2 cm³/mol. The number of rotatable bonds is 5. The Hall–Kier alpha value is -2.28. The lowest BCUT2D eigenvalue weighted by Gasteiger charge is -2.28. The molecule has 0 radical (unpaired) electrons. The molecule has 1 heterocycles. The molecule has 4 nitrogen and oxygen atoms in total. The van der Waals surface area contributed by atoms with Crippen molar-refractivity contribution < 1.29 is 4.79 Å². The molecule has 0 N–H and O–H groups in total. The predicted octanol–water partition coefficient (Wildman–Crippen LogP) is 3.32. The summed E-state index contributed by atoms with van der Waals surface area (Å²) in [5, 5.41) is 9.43. The lowest BCUT2D eigenvalue weighted by Crippen LogP contribution is -2.37. The quantitative estimate of drug-likeness (QED) is 0.619. The molecule has 1 aliphatic heterocycles. The van der Waals surface area contributed by atoms with Crippen molar-refractivity contribution in [3.05, 3.63) is 47.7 Å². The van der Waals surface area contributed by atoms with Gasteiger partial charge in [0.1, 0.15) is 11.6 Å². The van der Waals surface area contributed by atoms with Crippen LogP contribution >= 0.6 is 0 Å². The first-order valence-corrected chi connectivity index (χ1v) is 8.32. The SMILES string of the molecule is CC(C)N(/C=C(/C#N)C(=O)N1CCCCC1)Cc1ccccc1. The van der Waals surface area contributed by atoms with Crippen molar-refractivity contribution in [3.8, 4) is 6.07 Å². The summed E-state index contributed by atoms with van der Waals surface area (Å²) < 4.78 is 0. The van der Waals surface area contributed by atoms with Crippen LogP contribution in [-0.4, -0.2) is 34.8 Å². The van der Waals surface area contributed by atoms with E-state index in [1.54, 1.807) is 11.1 Å². The molecule has 122 valence electrons. The van der Waals surface area contributed by atoms with E-state index in [-0.39, 0.29) is 17.5 Å². The summed E-state index contributed by atoms with van der Waals surface area (Å²) in [6.07, 6.45) is 4.96. The number of likely N-dealkylation sites (tertiary alicyclic amines) is 1. The Morgan fingerprint density at radius 2 is 1.91 bits per heavy atom. The Balaban J connectivity index is 2.14. The fourth-order valence-corrected chi connectivity index (χ4v) is 2.74. The van der Waals surface area contributed by atoms with E-state index in [0.29, 0.717) is 6.54 Å². The van der Waals surface area contributed by atoms with Gasteiger partial charge in [-0.1, -0.05) is 30.3 Å². The summed E-state index contributed by atoms with van der Waals surface area (Å²) >= 11 is 0. The lowest BCUT2D eigenvalue weighted by atomic mass is 10.1. The first-order valence-electron chi connectivity index (χ1n) is 8.32. The summed E-state index contributed by atoms with van der Waals surface area (Å²) in [5.41, 5.74) is 1.40. The van der Waals surface area contributed by atoms with Crippen molar-refractivity contribution in [3.63, 3.8) is 0 Å². The van der Waals surface area contributed by atoms with Crippen molar-refractivity contribution in [1.82, 2.24) is 9.80 Å². The van der Waals surface area contributed by atoms with Crippen molar-refractivity contribution in [1.29, 1.82) is 5.26 Å². The minimum absolute atomic E-state index is 0.133. The second-order valence-corrected chi connectivity index (χ2v) is 6.26.